The average molecular weight is 264 g/mol. The quantitative estimate of drug-likeness (QED) is 0.845. The van der Waals surface area contributed by atoms with Crippen molar-refractivity contribution in [3.05, 3.63) is 17.5 Å². The van der Waals surface area contributed by atoms with E-state index in [1.165, 1.54) is 44.5 Å². The van der Waals surface area contributed by atoms with Gasteiger partial charge in [-0.25, -0.2) is 0 Å². The summed E-state index contributed by atoms with van der Waals surface area (Å²) in [4.78, 5) is 2.64. The molecule has 2 saturated heterocycles. The van der Waals surface area contributed by atoms with E-state index in [1.54, 1.807) is 0 Å². The SMILES string of the molecule is Cc1cc(C23CCCN2CCC3)[nH]n1.Cl.Cl. The summed E-state index contributed by atoms with van der Waals surface area (Å²) in [5, 5.41) is 7.48. The number of aryl methyl sites for hydroxylation is 1. The molecule has 0 atom stereocenters. The van der Waals surface area contributed by atoms with Crippen LogP contribution in [0.3, 0.4) is 0 Å². The molecular formula is C11H19Cl2N3. The summed E-state index contributed by atoms with van der Waals surface area (Å²) in [6.07, 6.45) is 5.32. The van der Waals surface area contributed by atoms with Crippen LogP contribution in [0, 0.1) is 6.92 Å². The van der Waals surface area contributed by atoms with Crippen molar-refractivity contribution in [1.82, 2.24) is 15.1 Å². The Balaban J connectivity index is 0.000000640. The minimum absolute atomic E-state index is 0. The van der Waals surface area contributed by atoms with Crippen LogP contribution in [0.25, 0.3) is 0 Å². The number of fused-ring (bicyclic) bond motifs is 1. The van der Waals surface area contributed by atoms with Crippen molar-refractivity contribution in [3.63, 3.8) is 0 Å². The summed E-state index contributed by atoms with van der Waals surface area (Å²) in [6.45, 7) is 4.61. The van der Waals surface area contributed by atoms with Crippen LogP contribution in [0.15, 0.2) is 6.07 Å². The molecular weight excluding hydrogens is 245 g/mol. The zero-order valence-corrected chi connectivity index (χ0v) is 11.2. The van der Waals surface area contributed by atoms with Gasteiger partial charge in [-0.15, -0.1) is 24.8 Å². The van der Waals surface area contributed by atoms with Crippen LogP contribution < -0.4 is 0 Å². The fourth-order valence-corrected chi connectivity index (χ4v) is 3.21. The lowest BCUT2D eigenvalue weighted by Crippen LogP contribution is -2.35. The number of aromatic nitrogens is 2. The van der Waals surface area contributed by atoms with Gasteiger partial charge in [-0.2, -0.15) is 5.10 Å². The van der Waals surface area contributed by atoms with Gasteiger partial charge in [0.15, 0.2) is 0 Å². The molecule has 0 radical (unpaired) electrons. The minimum atomic E-state index is 0. The molecule has 0 saturated carbocycles. The highest BCUT2D eigenvalue weighted by Gasteiger charge is 2.46. The van der Waals surface area contributed by atoms with Crippen molar-refractivity contribution in [1.29, 1.82) is 0 Å². The molecule has 2 aliphatic heterocycles. The van der Waals surface area contributed by atoms with Crippen molar-refractivity contribution in [2.45, 2.75) is 38.1 Å². The van der Waals surface area contributed by atoms with Gasteiger partial charge in [-0.1, -0.05) is 0 Å². The van der Waals surface area contributed by atoms with Crippen molar-refractivity contribution < 1.29 is 0 Å². The maximum absolute atomic E-state index is 4.26. The van der Waals surface area contributed by atoms with E-state index in [1.807, 2.05) is 0 Å². The first kappa shape index (κ1) is 13.8. The fraction of sp³-hybridized carbons (Fsp3) is 0.727. The second-order valence-corrected chi connectivity index (χ2v) is 4.65. The Morgan fingerprint density at radius 2 is 1.88 bits per heavy atom. The lowest BCUT2D eigenvalue weighted by molar-refractivity contribution is 0.191. The van der Waals surface area contributed by atoms with E-state index >= 15 is 0 Å². The van der Waals surface area contributed by atoms with Gasteiger partial charge in [0.2, 0.25) is 0 Å². The number of hydrogen-bond donors (Lipinski definition) is 1. The molecule has 2 fully saturated rings. The van der Waals surface area contributed by atoms with Gasteiger partial charge in [-0.05, 0) is 51.8 Å². The maximum atomic E-state index is 4.26. The Hall–Kier alpha value is -0.250. The maximum Gasteiger partial charge on any atom is 0.0628 e. The van der Waals surface area contributed by atoms with E-state index < -0.39 is 0 Å². The molecule has 3 rings (SSSR count). The van der Waals surface area contributed by atoms with Gasteiger partial charge in [0.05, 0.1) is 16.9 Å². The molecule has 1 aromatic rings. The first-order chi connectivity index (χ1) is 6.81. The number of H-pyrrole nitrogens is 1. The Bertz CT molecular complexity index is 341. The normalized spacial score (nSPS) is 22.3. The topological polar surface area (TPSA) is 31.9 Å². The fourth-order valence-electron chi connectivity index (χ4n) is 3.21. The highest BCUT2D eigenvalue weighted by Crippen LogP contribution is 2.45. The first-order valence-corrected chi connectivity index (χ1v) is 5.59. The predicted octanol–water partition coefficient (Wildman–Crippen LogP) is 2.65. The molecule has 5 heteroatoms. The third-order valence-corrected chi connectivity index (χ3v) is 3.85. The van der Waals surface area contributed by atoms with Crippen LogP contribution in [0.5, 0.6) is 0 Å². The van der Waals surface area contributed by atoms with Gasteiger partial charge in [0.25, 0.3) is 0 Å². The van der Waals surface area contributed by atoms with Crippen molar-refractivity contribution in [3.8, 4) is 0 Å². The number of aromatic amines is 1. The van der Waals surface area contributed by atoms with Crippen molar-refractivity contribution >= 4 is 24.8 Å². The summed E-state index contributed by atoms with van der Waals surface area (Å²) >= 11 is 0. The van der Waals surface area contributed by atoms with E-state index in [-0.39, 0.29) is 24.8 Å². The summed E-state index contributed by atoms with van der Waals surface area (Å²) in [6, 6.07) is 2.23. The summed E-state index contributed by atoms with van der Waals surface area (Å²) in [5.74, 6) is 0. The van der Waals surface area contributed by atoms with E-state index in [9.17, 15) is 0 Å². The van der Waals surface area contributed by atoms with Crippen LogP contribution in [-0.4, -0.2) is 28.2 Å². The highest BCUT2D eigenvalue weighted by atomic mass is 35.5. The Morgan fingerprint density at radius 3 is 2.38 bits per heavy atom. The highest BCUT2D eigenvalue weighted by molar-refractivity contribution is 5.85. The molecule has 0 aromatic carbocycles. The molecule has 92 valence electrons. The molecule has 3 heterocycles. The molecule has 0 unspecified atom stereocenters. The summed E-state index contributed by atoms with van der Waals surface area (Å²) in [5.41, 5.74) is 2.81. The molecule has 16 heavy (non-hydrogen) atoms. The predicted molar refractivity (Wildman–Crippen MR) is 69.5 cm³/mol. The Kier molecular flexibility index (Phi) is 4.27. The van der Waals surface area contributed by atoms with Gasteiger partial charge in [-0.3, -0.25) is 10.00 Å². The molecule has 1 aromatic heterocycles. The lowest BCUT2D eigenvalue weighted by atomic mass is 9.90. The Morgan fingerprint density at radius 1 is 1.25 bits per heavy atom. The van der Waals surface area contributed by atoms with Crippen LogP contribution in [0.2, 0.25) is 0 Å². The number of nitrogens with zero attached hydrogens (tertiary/aromatic N) is 2. The van der Waals surface area contributed by atoms with Crippen molar-refractivity contribution in [2.75, 3.05) is 13.1 Å². The summed E-state index contributed by atoms with van der Waals surface area (Å²) < 4.78 is 0. The number of rotatable bonds is 1. The number of nitrogens with one attached hydrogen (secondary N) is 1. The van der Waals surface area contributed by atoms with E-state index in [2.05, 4.69) is 28.1 Å². The van der Waals surface area contributed by atoms with Gasteiger partial charge in [0.1, 0.15) is 0 Å². The van der Waals surface area contributed by atoms with Crippen molar-refractivity contribution in [2.24, 2.45) is 0 Å². The van der Waals surface area contributed by atoms with E-state index in [0.717, 1.165) is 5.69 Å². The van der Waals surface area contributed by atoms with Crippen LogP contribution >= 0.6 is 24.8 Å². The number of halogens is 2. The van der Waals surface area contributed by atoms with Crippen LogP contribution in [0.4, 0.5) is 0 Å². The van der Waals surface area contributed by atoms with Gasteiger partial charge < -0.3 is 0 Å². The third-order valence-electron chi connectivity index (χ3n) is 3.85. The third kappa shape index (κ3) is 1.85. The molecule has 2 aliphatic rings. The smallest absolute Gasteiger partial charge is 0.0628 e. The van der Waals surface area contributed by atoms with Crippen LogP contribution in [0.1, 0.15) is 37.1 Å². The van der Waals surface area contributed by atoms with Crippen LogP contribution in [-0.2, 0) is 5.54 Å². The van der Waals surface area contributed by atoms with E-state index in [0.29, 0.717) is 5.54 Å². The first-order valence-electron chi connectivity index (χ1n) is 5.59. The average Bonchev–Trinajstić information content (AvgIpc) is 2.75. The molecule has 1 N–H and O–H groups in total. The lowest BCUT2D eigenvalue weighted by Gasteiger charge is -2.30. The standard InChI is InChI=1S/C11H17N3.2ClH/c1-9-8-10(13-12-9)11-4-2-6-14(11)7-3-5-11;;/h8H,2-7H2,1H3,(H,12,13);2*1H. The van der Waals surface area contributed by atoms with E-state index in [4.69, 9.17) is 0 Å². The molecule has 0 spiro atoms. The minimum Gasteiger partial charge on any atom is -0.292 e. The van der Waals surface area contributed by atoms with Gasteiger partial charge >= 0.3 is 0 Å². The second kappa shape index (κ2) is 4.94. The second-order valence-electron chi connectivity index (χ2n) is 4.65. The Labute approximate surface area is 109 Å². The largest absolute Gasteiger partial charge is 0.292 e. The number of hydrogen-bond acceptors (Lipinski definition) is 2. The monoisotopic (exact) mass is 263 g/mol. The van der Waals surface area contributed by atoms with Gasteiger partial charge in [0, 0.05) is 0 Å². The molecule has 3 nitrogen and oxygen atoms in total. The zero-order chi connectivity index (χ0) is 9.60. The summed E-state index contributed by atoms with van der Waals surface area (Å²) in [7, 11) is 0. The molecule has 0 amide bonds. The zero-order valence-electron chi connectivity index (χ0n) is 9.53. The molecule has 0 aliphatic carbocycles. The molecule has 0 bridgehead atoms.